The second kappa shape index (κ2) is 5.97. The normalized spacial score (nSPS) is 11.0. The number of H-pyrrole nitrogens is 1. The van der Waals surface area contributed by atoms with Crippen molar-refractivity contribution in [1.29, 1.82) is 0 Å². The molecule has 0 saturated heterocycles. The molecule has 3 aromatic rings. The van der Waals surface area contributed by atoms with Crippen molar-refractivity contribution in [2.45, 2.75) is 19.3 Å². The number of fused-ring (bicyclic) bond motifs is 1. The van der Waals surface area contributed by atoms with Gasteiger partial charge in [-0.15, -0.1) is 0 Å². The lowest BCUT2D eigenvalue weighted by molar-refractivity contribution is -0.137. The number of carboxylic acids is 1. The molecule has 0 aliphatic heterocycles. The largest absolute Gasteiger partial charge is 0.481 e. The Kier molecular flexibility index (Phi) is 3.87. The molecule has 112 valence electrons. The average molecular weight is 298 g/mol. The molecule has 0 fully saturated rings. The second-order valence-electron chi connectivity index (χ2n) is 5.13. The van der Waals surface area contributed by atoms with E-state index in [1.165, 1.54) is 12.1 Å². The minimum atomic E-state index is -0.828. The van der Waals surface area contributed by atoms with Crippen LogP contribution in [0.25, 0.3) is 22.3 Å². The number of benzene rings is 1. The zero-order valence-corrected chi connectivity index (χ0v) is 11.8. The zero-order chi connectivity index (χ0) is 15.5. The summed E-state index contributed by atoms with van der Waals surface area (Å²) in [6.45, 7) is 0. The van der Waals surface area contributed by atoms with Gasteiger partial charge < -0.3 is 10.1 Å². The maximum absolute atomic E-state index is 13.6. The number of hydrogen-bond donors (Lipinski definition) is 2. The van der Waals surface area contributed by atoms with E-state index in [1.54, 1.807) is 12.3 Å². The highest BCUT2D eigenvalue weighted by molar-refractivity contribution is 5.90. The molecule has 2 heterocycles. The van der Waals surface area contributed by atoms with Crippen molar-refractivity contribution in [2.24, 2.45) is 0 Å². The van der Waals surface area contributed by atoms with Crippen LogP contribution in [-0.4, -0.2) is 21.0 Å². The number of aliphatic carboxylic acids is 1. The summed E-state index contributed by atoms with van der Waals surface area (Å²) in [6.07, 6.45) is 2.84. The predicted molar refractivity (Wildman–Crippen MR) is 82.1 cm³/mol. The van der Waals surface area contributed by atoms with Crippen LogP contribution in [0, 0.1) is 5.82 Å². The monoisotopic (exact) mass is 298 g/mol. The zero-order valence-electron chi connectivity index (χ0n) is 11.8. The number of hydrogen-bond acceptors (Lipinski definition) is 2. The quantitative estimate of drug-likeness (QED) is 0.753. The van der Waals surface area contributed by atoms with Crippen LogP contribution in [0.5, 0.6) is 0 Å². The van der Waals surface area contributed by atoms with Gasteiger partial charge in [-0.1, -0.05) is 6.07 Å². The Morgan fingerprint density at radius 3 is 2.86 bits per heavy atom. The van der Waals surface area contributed by atoms with Gasteiger partial charge in [0, 0.05) is 23.5 Å². The van der Waals surface area contributed by atoms with Crippen LogP contribution >= 0.6 is 0 Å². The molecule has 1 aromatic carbocycles. The lowest BCUT2D eigenvalue weighted by Gasteiger charge is -2.04. The van der Waals surface area contributed by atoms with Crippen LogP contribution in [0.4, 0.5) is 4.39 Å². The molecule has 0 aliphatic carbocycles. The molecule has 0 spiro atoms. The van der Waals surface area contributed by atoms with E-state index >= 15 is 0 Å². The van der Waals surface area contributed by atoms with E-state index in [-0.39, 0.29) is 12.2 Å². The van der Waals surface area contributed by atoms with Crippen LogP contribution in [0.2, 0.25) is 0 Å². The number of rotatable bonds is 5. The Bertz CT molecular complexity index is 812. The fourth-order valence-corrected chi connectivity index (χ4v) is 2.63. The third kappa shape index (κ3) is 2.83. The Morgan fingerprint density at radius 2 is 2.14 bits per heavy atom. The number of nitrogens with one attached hydrogen (secondary N) is 1. The van der Waals surface area contributed by atoms with E-state index in [0.717, 1.165) is 27.9 Å². The Labute approximate surface area is 126 Å². The van der Waals surface area contributed by atoms with E-state index in [0.29, 0.717) is 12.8 Å². The number of aromatic amines is 1. The molecule has 4 nitrogen and oxygen atoms in total. The number of carboxylic acid groups (broad SMARTS) is 1. The maximum atomic E-state index is 13.6. The molecular formula is C17H15FN2O2. The lowest BCUT2D eigenvalue weighted by Crippen LogP contribution is -1.97. The summed E-state index contributed by atoms with van der Waals surface area (Å²) >= 11 is 0. The third-order valence-corrected chi connectivity index (χ3v) is 3.61. The minimum absolute atomic E-state index is 0.0870. The third-order valence-electron chi connectivity index (χ3n) is 3.61. The van der Waals surface area contributed by atoms with Gasteiger partial charge >= 0.3 is 5.97 Å². The number of aromatic nitrogens is 2. The van der Waals surface area contributed by atoms with Gasteiger partial charge in [0.15, 0.2) is 0 Å². The van der Waals surface area contributed by atoms with Crippen LogP contribution in [0.1, 0.15) is 18.4 Å². The molecule has 0 radical (unpaired) electrons. The van der Waals surface area contributed by atoms with Crippen molar-refractivity contribution in [1.82, 2.24) is 9.97 Å². The first-order valence-corrected chi connectivity index (χ1v) is 7.08. The first-order valence-electron chi connectivity index (χ1n) is 7.08. The molecular weight excluding hydrogens is 283 g/mol. The first-order chi connectivity index (χ1) is 10.6. The van der Waals surface area contributed by atoms with Crippen molar-refractivity contribution in [3.8, 4) is 11.4 Å². The van der Waals surface area contributed by atoms with Gasteiger partial charge in [0.2, 0.25) is 0 Å². The average Bonchev–Trinajstić information content (AvgIpc) is 2.86. The molecule has 0 saturated carbocycles. The first kappa shape index (κ1) is 14.3. The van der Waals surface area contributed by atoms with Gasteiger partial charge in [-0.2, -0.15) is 0 Å². The lowest BCUT2D eigenvalue weighted by atomic mass is 10.0. The van der Waals surface area contributed by atoms with Crippen LogP contribution in [-0.2, 0) is 11.2 Å². The fraction of sp³-hybridized carbons (Fsp3) is 0.176. The molecule has 0 amide bonds. The van der Waals surface area contributed by atoms with Crippen molar-refractivity contribution in [2.75, 3.05) is 0 Å². The van der Waals surface area contributed by atoms with Gasteiger partial charge in [0.1, 0.15) is 5.82 Å². The number of halogens is 1. The van der Waals surface area contributed by atoms with E-state index in [4.69, 9.17) is 5.11 Å². The summed E-state index contributed by atoms with van der Waals surface area (Å²) in [5, 5.41) is 9.59. The highest BCUT2D eigenvalue weighted by atomic mass is 19.1. The van der Waals surface area contributed by atoms with E-state index in [1.807, 2.05) is 18.2 Å². The van der Waals surface area contributed by atoms with Gasteiger partial charge in [-0.25, -0.2) is 4.39 Å². The Hall–Kier alpha value is -2.69. The fourth-order valence-electron chi connectivity index (χ4n) is 2.63. The van der Waals surface area contributed by atoms with Gasteiger partial charge in [0.25, 0.3) is 0 Å². The van der Waals surface area contributed by atoms with Crippen LogP contribution in [0.3, 0.4) is 0 Å². The topological polar surface area (TPSA) is 66.0 Å². The number of carbonyl (C=O) groups is 1. The minimum Gasteiger partial charge on any atom is -0.481 e. The van der Waals surface area contributed by atoms with Crippen molar-refractivity contribution in [3.63, 3.8) is 0 Å². The second-order valence-corrected chi connectivity index (χ2v) is 5.13. The summed E-state index contributed by atoms with van der Waals surface area (Å²) in [5.74, 6) is -1.14. The number of nitrogens with zero attached hydrogens (tertiary/aromatic N) is 1. The molecule has 5 heteroatoms. The Balaban J connectivity index is 2.07. The van der Waals surface area contributed by atoms with E-state index in [2.05, 4.69) is 9.97 Å². The van der Waals surface area contributed by atoms with Crippen molar-refractivity contribution >= 4 is 16.9 Å². The Morgan fingerprint density at radius 1 is 1.27 bits per heavy atom. The summed E-state index contributed by atoms with van der Waals surface area (Å²) in [5.41, 5.74) is 3.33. The number of pyridine rings is 1. The summed E-state index contributed by atoms with van der Waals surface area (Å²) in [7, 11) is 0. The molecule has 0 unspecified atom stereocenters. The van der Waals surface area contributed by atoms with Gasteiger partial charge in [-0.3, -0.25) is 9.78 Å². The predicted octanol–water partition coefficient (Wildman–Crippen LogP) is 3.78. The van der Waals surface area contributed by atoms with Crippen LogP contribution in [0.15, 0.2) is 42.6 Å². The molecule has 0 bridgehead atoms. The van der Waals surface area contributed by atoms with Crippen molar-refractivity contribution in [3.05, 3.63) is 54.0 Å². The summed E-state index contributed by atoms with van der Waals surface area (Å²) < 4.78 is 13.6. The molecule has 22 heavy (non-hydrogen) atoms. The molecule has 0 atom stereocenters. The molecule has 0 aliphatic rings. The van der Waals surface area contributed by atoms with E-state index in [9.17, 15) is 9.18 Å². The van der Waals surface area contributed by atoms with Crippen LogP contribution < -0.4 is 0 Å². The SMILES string of the molecule is O=C(O)CCCc1c(-c2ccccn2)[nH]c2ccc(F)cc12. The molecule has 2 aromatic heterocycles. The highest BCUT2D eigenvalue weighted by Gasteiger charge is 2.14. The van der Waals surface area contributed by atoms with Crippen molar-refractivity contribution < 1.29 is 14.3 Å². The molecule has 3 rings (SSSR count). The smallest absolute Gasteiger partial charge is 0.303 e. The summed E-state index contributed by atoms with van der Waals surface area (Å²) in [6, 6.07) is 10.2. The van der Waals surface area contributed by atoms with E-state index < -0.39 is 5.97 Å². The molecule has 2 N–H and O–H groups in total. The standard InChI is InChI=1S/C17H15FN2O2/c18-11-7-8-14-13(10-11)12(4-3-6-16(21)22)17(20-14)15-5-1-2-9-19-15/h1-2,5,7-10,20H,3-4,6H2,(H,21,22). The maximum Gasteiger partial charge on any atom is 0.303 e. The highest BCUT2D eigenvalue weighted by Crippen LogP contribution is 2.31. The van der Waals surface area contributed by atoms with Gasteiger partial charge in [0.05, 0.1) is 11.4 Å². The number of aryl methyl sites for hydroxylation is 1. The van der Waals surface area contributed by atoms with Gasteiger partial charge in [-0.05, 0) is 48.7 Å². The summed E-state index contributed by atoms with van der Waals surface area (Å²) in [4.78, 5) is 18.3.